The molecule has 0 spiro atoms. The summed E-state index contributed by atoms with van der Waals surface area (Å²) >= 11 is 0. The number of halogens is 1. The summed E-state index contributed by atoms with van der Waals surface area (Å²) in [4.78, 5) is 16.4. The molecular formula is C16H14FN3O2. The Morgan fingerprint density at radius 2 is 2.18 bits per heavy atom. The summed E-state index contributed by atoms with van der Waals surface area (Å²) in [6.45, 7) is 3.86. The number of fused-ring (bicyclic) bond motifs is 1. The van der Waals surface area contributed by atoms with E-state index in [-0.39, 0.29) is 12.4 Å². The Balaban J connectivity index is 2.18. The van der Waals surface area contributed by atoms with Gasteiger partial charge in [-0.25, -0.2) is 18.7 Å². The van der Waals surface area contributed by atoms with E-state index in [1.807, 2.05) is 6.92 Å². The molecule has 0 aliphatic carbocycles. The van der Waals surface area contributed by atoms with Gasteiger partial charge in [0, 0.05) is 11.3 Å². The molecule has 0 bridgehead atoms. The van der Waals surface area contributed by atoms with Crippen molar-refractivity contribution in [3.63, 3.8) is 0 Å². The maximum atomic E-state index is 13.4. The predicted octanol–water partition coefficient (Wildman–Crippen LogP) is 3.02. The minimum atomic E-state index is -0.471. The minimum absolute atomic E-state index is 0.277. The number of carbonyl (C=O) groups is 1. The maximum Gasteiger partial charge on any atom is 0.343 e. The molecule has 5 nitrogen and oxygen atoms in total. The lowest BCUT2D eigenvalue weighted by Gasteiger charge is -2.06. The van der Waals surface area contributed by atoms with Gasteiger partial charge in [-0.1, -0.05) is 12.1 Å². The molecule has 1 aromatic carbocycles. The van der Waals surface area contributed by atoms with E-state index < -0.39 is 5.97 Å². The lowest BCUT2D eigenvalue weighted by atomic mass is 10.1. The van der Waals surface area contributed by atoms with E-state index in [1.165, 1.54) is 18.3 Å². The van der Waals surface area contributed by atoms with Crippen molar-refractivity contribution in [2.24, 2.45) is 0 Å². The number of carbonyl (C=O) groups excluding carboxylic acids is 1. The van der Waals surface area contributed by atoms with Crippen LogP contribution in [0.3, 0.4) is 0 Å². The van der Waals surface area contributed by atoms with Gasteiger partial charge in [0.15, 0.2) is 5.65 Å². The normalized spacial score (nSPS) is 10.9. The van der Waals surface area contributed by atoms with Crippen molar-refractivity contribution in [2.75, 3.05) is 6.61 Å². The summed E-state index contributed by atoms with van der Waals surface area (Å²) in [7, 11) is 0. The molecule has 0 saturated carbocycles. The van der Waals surface area contributed by atoms with E-state index in [1.54, 1.807) is 29.6 Å². The van der Waals surface area contributed by atoms with Crippen molar-refractivity contribution >= 4 is 11.6 Å². The van der Waals surface area contributed by atoms with Crippen LogP contribution >= 0.6 is 0 Å². The Morgan fingerprint density at radius 1 is 1.36 bits per heavy atom. The zero-order valence-corrected chi connectivity index (χ0v) is 12.2. The molecular weight excluding hydrogens is 285 g/mol. The van der Waals surface area contributed by atoms with Gasteiger partial charge in [0.25, 0.3) is 0 Å². The molecule has 22 heavy (non-hydrogen) atoms. The fourth-order valence-corrected chi connectivity index (χ4v) is 2.26. The first-order valence-electron chi connectivity index (χ1n) is 6.88. The molecule has 3 rings (SSSR count). The van der Waals surface area contributed by atoms with Crippen LogP contribution in [0.1, 0.15) is 23.0 Å². The van der Waals surface area contributed by atoms with Crippen LogP contribution < -0.4 is 0 Å². The summed E-state index contributed by atoms with van der Waals surface area (Å²) in [5.41, 5.74) is 2.71. The van der Waals surface area contributed by atoms with Crippen molar-refractivity contribution in [3.8, 4) is 11.3 Å². The Kier molecular flexibility index (Phi) is 3.58. The van der Waals surface area contributed by atoms with Crippen LogP contribution in [0.2, 0.25) is 0 Å². The van der Waals surface area contributed by atoms with Crippen molar-refractivity contribution < 1.29 is 13.9 Å². The highest BCUT2D eigenvalue weighted by molar-refractivity contribution is 5.95. The number of esters is 1. The van der Waals surface area contributed by atoms with Crippen LogP contribution in [-0.4, -0.2) is 27.2 Å². The Hall–Kier alpha value is -2.76. The monoisotopic (exact) mass is 299 g/mol. The summed E-state index contributed by atoms with van der Waals surface area (Å²) in [6, 6.07) is 7.95. The summed E-state index contributed by atoms with van der Waals surface area (Å²) in [5, 5.41) is 4.15. The number of hydrogen-bond acceptors (Lipinski definition) is 4. The predicted molar refractivity (Wildman–Crippen MR) is 79.1 cm³/mol. The molecule has 6 heteroatoms. The van der Waals surface area contributed by atoms with Crippen LogP contribution in [0, 0.1) is 12.7 Å². The van der Waals surface area contributed by atoms with Gasteiger partial charge in [-0.05, 0) is 32.0 Å². The fourth-order valence-electron chi connectivity index (χ4n) is 2.26. The Bertz CT molecular complexity index is 858. The maximum absolute atomic E-state index is 13.4. The number of aryl methyl sites for hydroxylation is 1. The first-order chi connectivity index (χ1) is 10.6. The third-order valence-electron chi connectivity index (χ3n) is 3.27. The van der Waals surface area contributed by atoms with Gasteiger partial charge >= 0.3 is 5.97 Å². The molecule has 2 aromatic heterocycles. The third kappa shape index (κ3) is 2.43. The quantitative estimate of drug-likeness (QED) is 0.698. The second kappa shape index (κ2) is 5.55. The number of rotatable bonds is 3. The van der Waals surface area contributed by atoms with Crippen LogP contribution in [0.25, 0.3) is 16.9 Å². The molecule has 0 unspecified atom stereocenters. The highest BCUT2D eigenvalue weighted by Crippen LogP contribution is 2.22. The van der Waals surface area contributed by atoms with Crippen LogP contribution in [0.5, 0.6) is 0 Å². The van der Waals surface area contributed by atoms with Crippen molar-refractivity contribution in [1.29, 1.82) is 0 Å². The van der Waals surface area contributed by atoms with Gasteiger partial charge in [0.2, 0.25) is 0 Å². The second-order valence-electron chi connectivity index (χ2n) is 4.81. The lowest BCUT2D eigenvalue weighted by Crippen LogP contribution is -2.06. The average Bonchev–Trinajstić information content (AvgIpc) is 2.92. The number of aromatic nitrogens is 3. The molecule has 0 amide bonds. The van der Waals surface area contributed by atoms with E-state index in [0.29, 0.717) is 22.5 Å². The van der Waals surface area contributed by atoms with Gasteiger partial charge in [0.05, 0.1) is 18.5 Å². The van der Waals surface area contributed by atoms with Gasteiger partial charge in [-0.15, -0.1) is 0 Å². The number of ether oxygens (including phenoxy) is 1. The third-order valence-corrected chi connectivity index (χ3v) is 3.27. The van der Waals surface area contributed by atoms with E-state index in [0.717, 1.165) is 5.69 Å². The molecule has 0 N–H and O–H groups in total. The Morgan fingerprint density at radius 3 is 2.91 bits per heavy atom. The SMILES string of the molecule is CCOC(=O)c1cnn2c(C)cc(-c3cccc(F)c3)nc12. The van der Waals surface area contributed by atoms with E-state index in [9.17, 15) is 9.18 Å². The highest BCUT2D eigenvalue weighted by Gasteiger charge is 2.17. The first-order valence-corrected chi connectivity index (χ1v) is 6.88. The summed E-state index contributed by atoms with van der Waals surface area (Å²) < 4.78 is 20.0. The van der Waals surface area contributed by atoms with Crippen molar-refractivity contribution in [2.45, 2.75) is 13.8 Å². The molecule has 2 heterocycles. The topological polar surface area (TPSA) is 56.5 Å². The lowest BCUT2D eigenvalue weighted by molar-refractivity contribution is 0.0528. The highest BCUT2D eigenvalue weighted by atomic mass is 19.1. The van der Waals surface area contributed by atoms with Gasteiger partial charge < -0.3 is 4.74 Å². The molecule has 0 aliphatic heterocycles. The number of benzene rings is 1. The molecule has 0 saturated heterocycles. The van der Waals surface area contributed by atoms with Crippen LogP contribution in [0.15, 0.2) is 36.5 Å². The van der Waals surface area contributed by atoms with E-state index in [4.69, 9.17) is 4.74 Å². The zero-order valence-electron chi connectivity index (χ0n) is 12.2. The zero-order chi connectivity index (χ0) is 15.7. The number of hydrogen-bond donors (Lipinski definition) is 0. The molecule has 3 aromatic rings. The largest absolute Gasteiger partial charge is 0.462 e. The second-order valence-corrected chi connectivity index (χ2v) is 4.81. The molecule has 0 atom stereocenters. The van der Waals surface area contributed by atoms with Crippen molar-refractivity contribution in [3.05, 3.63) is 53.6 Å². The smallest absolute Gasteiger partial charge is 0.343 e. The Labute approximate surface area is 126 Å². The van der Waals surface area contributed by atoms with Crippen LogP contribution in [-0.2, 0) is 4.74 Å². The van der Waals surface area contributed by atoms with Gasteiger partial charge in [-0.3, -0.25) is 0 Å². The van der Waals surface area contributed by atoms with E-state index in [2.05, 4.69) is 10.1 Å². The molecule has 0 radical (unpaired) electrons. The standard InChI is InChI=1S/C16H14FN3O2/c1-3-22-16(21)13-9-18-20-10(2)7-14(19-15(13)20)11-5-4-6-12(17)8-11/h4-9H,3H2,1-2H3. The van der Waals surface area contributed by atoms with E-state index >= 15 is 0 Å². The molecule has 0 aliphatic rings. The van der Waals surface area contributed by atoms with Gasteiger partial charge in [-0.2, -0.15) is 5.10 Å². The summed E-state index contributed by atoms with van der Waals surface area (Å²) in [5.74, 6) is -0.809. The molecule has 112 valence electrons. The van der Waals surface area contributed by atoms with Gasteiger partial charge in [0.1, 0.15) is 11.4 Å². The van der Waals surface area contributed by atoms with Crippen molar-refractivity contribution in [1.82, 2.24) is 14.6 Å². The fraction of sp³-hybridized carbons (Fsp3) is 0.188. The molecule has 0 fully saturated rings. The summed E-state index contributed by atoms with van der Waals surface area (Å²) in [6.07, 6.45) is 1.43. The van der Waals surface area contributed by atoms with Crippen LogP contribution in [0.4, 0.5) is 4.39 Å². The average molecular weight is 299 g/mol. The number of nitrogens with zero attached hydrogens (tertiary/aromatic N) is 3. The minimum Gasteiger partial charge on any atom is -0.462 e. The first kappa shape index (κ1) is 14.2.